The maximum Gasteiger partial charge on any atom is 0.175 e. The van der Waals surface area contributed by atoms with Gasteiger partial charge >= 0.3 is 0 Å². The molecule has 21 heavy (non-hydrogen) atoms. The number of piperidine rings is 1. The molecule has 2 aliphatic heterocycles. The Morgan fingerprint density at radius 3 is 2.86 bits per heavy atom. The van der Waals surface area contributed by atoms with E-state index >= 15 is 0 Å². The molecule has 1 atom stereocenters. The molecule has 114 valence electrons. The van der Waals surface area contributed by atoms with Crippen molar-refractivity contribution >= 4 is 15.9 Å². The van der Waals surface area contributed by atoms with Gasteiger partial charge in [0.2, 0.25) is 0 Å². The molecular weight excluding hydrogens is 330 g/mol. The van der Waals surface area contributed by atoms with E-state index in [-0.39, 0.29) is 0 Å². The van der Waals surface area contributed by atoms with Crippen molar-refractivity contribution in [3.63, 3.8) is 0 Å². The van der Waals surface area contributed by atoms with Crippen molar-refractivity contribution in [3.8, 4) is 11.5 Å². The summed E-state index contributed by atoms with van der Waals surface area (Å²) in [5.74, 6) is 2.56. The van der Waals surface area contributed by atoms with Crippen LogP contribution in [0.2, 0.25) is 0 Å². The summed E-state index contributed by atoms with van der Waals surface area (Å²) < 4.78 is 13.1. The molecule has 1 aromatic carbocycles. The summed E-state index contributed by atoms with van der Waals surface area (Å²) >= 11 is 3.67. The fourth-order valence-electron chi connectivity index (χ4n) is 3.38. The molecule has 0 radical (unpaired) electrons. The number of halogens is 1. The van der Waals surface area contributed by atoms with Crippen molar-refractivity contribution in [2.75, 3.05) is 26.3 Å². The highest BCUT2D eigenvalue weighted by Gasteiger charge is 2.46. The van der Waals surface area contributed by atoms with Crippen molar-refractivity contribution in [1.82, 2.24) is 5.32 Å². The average Bonchev–Trinajstić information content (AvgIpc) is 3.28. The Balaban J connectivity index is 1.54. The first-order valence-corrected chi connectivity index (χ1v) is 8.82. The molecule has 3 aliphatic rings. The molecule has 0 amide bonds. The number of hydrogen-bond acceptors (Lipinski definition) is 3. The second-order valence-corrected chi connectivity index (χ2v) is 7.75. The average molecular weight is 352 g/mol. The zero-order valence-electron chi connectivity index (χ0n) is 12.3. The van der Waals surface area contributed by atoms with Gasteiger partial charge in [0.25, 0.3) is 0 Å². The molecule has 0 bridgehead atoms. The highest BCUT2D eigenvalue weighted by atomic mass is 79.9. The molecule has 4 rings (SSSR count). The molecule has 1 unspecified atom stereocenters. The van der Waals surface area contributed by atoms with Crippen LogP contribution in [0.4, 0.5) is 0 Å². The molecule has 4 heteroatoms. The molecule has 2 fully saturated rings. The molecule has 1 N–H and O–H groups in total. The lowest BCUT2D eigenvalue weighted by Crippen LogP contribution is -2.30. The van der Waals surface area contributed by atoms with Crippen LogP contribution in [0.5, 0.6) is 11.5 Å². The van der Waals surface area contributed by atoms with E-state index in [1.54, 1.807) is 0 Å². The summed E-state index contributed by atoms with van der Waals surface area (Å²) in [4.78, 5) is 0. The smallest absolute Gasteiger partial charge is 0.175 e. The predicted molar refractivity (Wildman–Crippen MR) is 86.1 cm³/mol. The maximum absolute atomic E-state index is 6.07. The van der Waals surface area contributed by atoms with Crippen molar-refractivity contribution in [2.45, 2.75) is 32.1 Å². The van der Waals surface area contributed by atoms with Gasteiger partial charge in [-0.3, -0.25) is 0 Å². The third kappa shape index (κ3) is 2.93. The number of ether oxygens (including phenoxy) is 2. The third-order valence-electron chi connectivity index (χ3n) is 5.01. The molecule has 1 spiro atoms. The topological polar surface area (TPSA) is 30.5 Å². The van der Waals surface area contributed by atoms with Crippen LogP contribution in [0.25, 0.3) is 0 Å². The summed E-state index contributed by atoms with van der Waals surface area (Å²) in [6.45, 7) is 3.91. The van der Waals surface area contributed by atoms with E-state index < -0.39 is 0 Å². The van der Waals surface area contributed by atoms with Gasteiger partial charge in [-0.25, -0.2) is 0 Å². The van der Waals surface area contributed by atoms with Crippen LogP contribution in [0, 0.1) is 11.3 Å². The van der Waals surface area contributed by atoms with Gasteiger partial charge < -0.3 is 14.8 Å². The second kappa shape index (κ2) is 5.47. The van der Waals surface area contributed by atoms with E-state index in [9.17, 15) is 0 Å². The molecule has 1 saturated heterocycles. The molecule has 1 aromatic rings. The van der Waals surface area contributed by atoms with Crippen molar-refractivity contribution < 1.29 is 9.47 Å². The van der Waals surface area contributed by atoms with Crippen molar-refractivity contribution in [3.05, 3.63) is 22.2 Å². The molecule has 2 heterocycles. The third-order valence-corrected chi connectivity index (χ3v) is 5.60. The Bertz CT molecular complexity index is 536. The van der Waals surface area contributed by atoms with Crippen LogP contribution < -0.4 is 14.8 Å². The van der Waals surface area contributed by atoms with Gasteiger partial charge in [-0.05, 0) is 84.7 Å². The maximum atomic E-state index is 6.07. The highest BCUT2D eigenvalue weighted by Crippen LogP contribution is 2.50. The number of nitrogens with one attached hydrogen (secondary N) is 1. The van der Waals surface area contributed by atoms with Gasteiger partial charge in [0, 0.05) is 5.41 Å². The second-order valence-electron chi connectivity index (χ2n) is 6.90. The summed E-state index contributed by atoms with van der Waals surface area (Å²) in [5, 5.41) is 3.49. The predicted octanol–water partition coefficient (Wildman–Crippen LogP) is 3.54. The van der Waals surface area contributed by atoms with Gasteiger partial charge in [-0.15, -0.1) is 0 Å². The quantitative estimate of drug-likeness (QED) is 0.883. The number of hydrogen-bond donors (Lipinski definition) is 1. The monoisotopic (exact) mass is 351 g/mol. The molecule has 0 aromatic heterocycles. The standard InChI is InChI=1S/C17H22BrNO2/c18-14-7-13(6-12-2-1-5-19-9-12)8-15-16(14)21-11-17(3-4-17)10-20-15/h7-8,12,19H,1-6,9-11H2. The number of benzene rings is 1. The fourth-order valence-corrected chi connectivity index (χ4v) is 3.99. The van der Waals surface area contributed by atoms with Crippen LogP contribution in [0.15, 0.2) is 16.6 Å². The Hall–Kier alpha value is -0.740. The minimum Gasteiger partial charge on any atom is -0.489 e. The Morgan fingerprint density at radius 1 is 1.24 bits per heavy atom. The number of fused-ring (bicyclic) bond motifs is 1. The van der Waals surface area contributed by atoms with E-state index in [0.29, 0.717) is 5.41 Å². The zero-order valence-corrected chi connectivity index (χ0v) is 13.9. The fraction of sp³-hybridized carbons (Fsp3) is 0.647. The zero-order chi connectivity index (χ0) is 14.3. The first kappa shape index (κ1) is 13.9. The molecule has 1 saturated carbocycles. The van der Waals surface area contributed by atoms with Crippen LogP contribution in [-0.2, 0) is 6.42 Å². The minimum absolute atomic E-state index is 0.298. The Labute approximate surface area is 134 Å². The lowest BCUT2D eigenvalue weighted by atomic mass is 9.92. The van der Waals surface area contributed by atoms with Crippen molar-refractivity contribution in [1.29, 1.82) is 0 Å². The number of rotatable bonds is 2. The van der Waals surface area contributed by atoms with Crippen LogP contribution in [0.3, 0.4) is 0 Å². The first-order valence-electron chi connectivity index (χ1n) is 8.03. The van der Waals surface area contributed by atoms with Gasteiger partial charge in [0.15, 0.2) is 11.5 Å². The largest absolute Gasteiger partial charge is 0.489 e. The van der Waals surface area contributed by atoms with Crippen LogP contribution in [-0.4, -0.2) is 26.3 Å². The molecule has 1 aliphatic carbocycles. The summed E-state index contributed by atoms with van der Waals surface area (Å²) in [7, 11) is 0. The highest BCUT2D eigenvalue weighted by molar-refractivity contribution is 9.10. The Morgan fingerprint density at radius 2 is 2.10 bits per heavy atom. The van der Waals surface area contributed by atoms with Gasteiger partial charge in [-0.1, -0.05) is 0 Å². The lowest BCUT2D eigenvalue weighted by Gasteiger charge is -2.23. The summed E-state index contributed by atoms with van der Waals surface area (Å²) in [6, 6.07) is 4.40. The summed E-state index contributed by atoms with van der Waals surface area (Å²) in [6.07, 6.45) is 6.20. The molecular formula is C17H22BrNO2. The van der Waals surface area contributed by atoms with E-state index in [0.717, 1.165) is 48.1 Å². The lowest BCUT2D eigenvalue weighted by molar-refractivity contribution is 0.196. The van der Waals surface area contributed by atoms with E-state index in [4.69, 9.17) is 9.47 Å². The Kier molecular flexibility index (Phi) is 3.62. The summed E-state index contributed by atoms with van der Waals surface area (Å²) in [5.41, 5.74) is 1.65. The van der Waals surface area contributed by atoms with Crippen LogP contribution >= 0.6 is 15.9 Å². The van der Waals surface area contributed by atoms with Crippen molar-refractivity contribution in [2.24, 2.45) is 11.3 Å². The van der Waals surface area contributed by atoms with E-state index in [2.05, 4.69) is 33.4 Å². The first-order chi connectivity index (χ1) is 10.2. The van der Waals surface area contributed by atoms with E-state index in [1.165, 1.54) is 37.8 Å². The van der Waals surface area contributed by atoms with Gasteiger partial charge in [0.1, 0.15) is 0 Å². The minimum atomic E-state index is 0.298. The van der Waals surface area contributed by atoms with Gasteiger partial charge in [0.05, 0.1) is 17.7 Å². The molecule has 3 nitrogen and oxygen atoms in total. The van der Waals surface area contributed by atoms with E-state index in [1.807, 2.05) is 0 Å². The van der Waals surface area contributed by atoms with Crippen LogP contribution in [0.1, 0.15) is 31.2 Å². The van der Waals surface area contributed by atoms with Gasteiger partial charge in [-0.2, -0.15) is 0 Å². The normalized spacial score (nSPS) is 26.4. The SMILES string of the molecule is Brc1cc(CC2CCCNC2)cc2c1OCC1(CC1)CO2.